The summed E-state index contributed by atoms with van der Waals surface area (Å²) in [4.78, 5) is 12.2. The summed E-state index contributed by atoms with van der Waals surface area (Å²) in [7, 11) is 0. The summed E-state index contributed by atoms with van der Waals surface area (Å²) in [6.45, 7) is 0. The molecule has 0 unspecified atom stereocenters. The van der Waals surface area contributed by atoms with Gasteiger partial charge in [-0.05, 0) is 94.7 Å². The van der Waals surface area contributed by atoms with Gasteiger partial charge >= 0.3 is 0 Å². The van der Waals surface area contributed by atoms with Crippen molar-refractivity contribution >= 4 is 77.5 Å². The van der Waals surface area contributed by atoms with Gasteiger partial charge in [0.15, 0.2) is 0 Å². The zero-order valence-corrected chi connectivity index (χ0v) is 35.0. The maximum atomic E-state index is 3.70. The molecule has 0 fully saturated rings. The molecule has 0 saturated heterocycles. The lowest BCUT2D eigenvalue weighted by Crippen LogP contribution is -2.12. The first kappa shape index (κ1) is 37.2. The van der Waals surface area contributed by atoms with Crippen molar-refractivity contribution in [3.05, 3.63) is 243 Å². The molecule has 2 heterocycles. The summed E-state index contributed by atoms with van der Waals surface area (Å²) in [5.74, 6) is 0. The summed E-state index contributed by atoms with van der Waals surface area (Å²) in [6, 6.07) is 87.4. The number of aromatic nitrogens is 2. The largest absolute Gasteiger partial charge is 0.354 e. The van der Waals surface area contributed by atoms with Crippen LogP contribution in [0.2, 0.25) is 0 Å². The molecule has 0 atom stereocenters. The topological polar surface area (TPSA) is 38.1 Å². The second kappa shape index (κ2) is 15.7. The predicted molar refractivity (Wildman–Crippen MR) is 271 cm³/mol. The lowest BCUT2D eigenvalue weighted by molar-refractivity contribution is 1.29. The van der Waals surface area contributed by atoms with Crippen molar-refractivity contribution in [3.63, 3.8) is 0 Å². The average Bonchev–Trinajstić information content (AvgIpc) is 4.01. The van der Waals surface area contributed by atoms with Crippen LogP contribution in [-0.4, -0.2) is 9.97 Å². The van der Waals surface area contributed by atoms with Crippen LogP contribution in [0.1, 0.15) is 0 Å². The number of nitrogens with zero attached hydrogens (tertiary/aromatic N) is 2. The van der Waals surface area contributed by atoms with Crippen LogP contribution in [0.4, 0.5) is 34.1 Å². The second-order valence-corrected chi connectivity index (χ2v) is 16.3. The van der Waals surface area contributed by atoms with E-state index in [4.69, 9.17) is 0 Å². The molecule has 0 spiro atoms. The Hall–Kier alpha value is -8.60. The molecule has 0 saturated carbocycles. The molecule has 0 aliphatic heterocycles. The number of rotatable bonds is 9. The van der Waals surface area contributed by atoms with Crippen molar-refractivity contribution < 1.29 is 0 Å². The van der Waals surface area contributed by atoms with E-state index >= 15 is 0 Å². The molecule has 4 nitrogen and oxygen atoms in total. The number of nitrogens with one attached hydrogen (secondary N) is 2. The highest BCUT2D eigenvalue weighted by atomic mass is 15.2. The number of H-pyrrole nitrogens is 2. The third-order valence-corrected chi connectivity index (χ3v) is 12.5. The van der Waals surface area contributed by atoms with Gasteiger partial charge in [-0.3, -0.25) is 0 Å². The minimum absolute atomic E-state index is 1.08. The Morgan fingerprint density at radius 2 is 0.609 bits per heavy atom. The molecule has 4 heteroatoms. The molecule has 2 aromatic heterocycles. The van der Waals surface area contributed by atoms with Gasteiger partial charge in [0.25, 0.3) is 0 Å². The van der Waals surface area contributed by atoms with E-state index in [0.29, 0.717) is 0 Å². The highest BCUT2D eigenvalue weighted by Crippen LogP contribution is 2.46. The van der Waals surface area contributed by atoms with E-state index in [2.05, 4.69) is 262 Å². The minimum Gasteiger partial charge on any atom is -0.354 e. The number of benzene rings is 10. The van der Waals surface area contributed by atoms with Crippen LogP contribution >= 0.6 is 0 Å². The van der Waals surface area contributed by atoms with E-state index in [1.54, 1.807) is 0 Å². The molecular weight excluding hydrogens is 777 g/mol. The van der Waals surface area contributed by atoms with Gasteiger partial charge < -0.3 is 19.8 Å². The molecule has 0 aliphatic carbocycles. The Kier molecular flexibility index (Phi) is 9.12. The average molecular weight is 819 g/mol. The highest BCUT2D eigenvalue weighted by Gasteiger charge is 2.22. The monoisotopic (exact) mass is 818 g/mol. The van der Waals surface area contributed by atoms with E-state index in [1.807, 2.05) is 0 Å². The van der Waals surface area contributed by atoms with Gasteiger partial charge in [-0.15, -0.1) is 0 Å². The molecule has 0 amide bonds. The smallest absolute Gasteiger partial charge is 0.0555 e. The minimum atomic E-state index is 1.08. The predicted octanol–water partition coefficient (Wildman–Crippen LogP) is 16.9. The molecule has 10 aromatic carbocycles. The fourth-order valence-corrected chi connectivity index (χ4v) is 9.46. The van der Waals surface area contributed by atoms with Gasteiger partial charge in [-0.1, -0.05) is 170 Å². The van der Waals surface area contributed by atoms with Crippen LogP contribution in [-0.2, 0) is 0 Å². The summed E-state index contributed by atoms with van der Waals surface area (Å²) < 4.78 is 0. The van der Waals surface area contributed by atoms with E-state index in [-0.39, 0.29) is 0 Å². The van der Waals surface area contributed by atoms with Gasteiger partial charge in [-0.2, -0.15) is 0 Å². The van der Waals surface area contributed by atoms with Crippen molar-refractivity contribution in [2.45, 2.75) is 0 Å². The van der Waals surface area contributed by atoms with Crippen molar-refractivity contribution in [2.24, 2.45) is 0 Å². The molecule has 0 radical (unpaired) electrons. The summed E-state index contributed by atoms with van der Waals surface area (Å²) in [5.41, 5.74) is 15.6. The second-order valence-electron chi connectivity index (χ2n) is 16.3. The molecule has 12 aromatic rings. The van der Waals surface area contributed by atoms with E-state index in [9.17, 15) is 0 Å². The number of para-hydroxylation sites is 4. The Morgan fingerprint density at radius 3 is 1.05 bits per heavy atom. The van der Waals surface area contributed by atoms with Crippen LogP contribution in [0.3, 0.4) is 0 Å². The number of hydrogen-bond donors (Lipinski definition) is 2. The Balaban J connectivity index is 0.952. The highest BCUT2D eigenvalue weighted by molar-refractivity contribution is 6.03. The van der Waals surface area contributed by atoms with Gasteiger partial charge in [0.1, 0.15) is 0 Å². The Bertz CT molecular complexity index is 3310. The molecule has 0 bridgehead atoms. The van der Waals surface area contributed by atoms with E-state index in [0.717, 1.165) is 78.8 Å². The van der Waals surface area contributed by atoms with Gasteiger partial charge in [-0.25, -0.2) is 0 Å². The van der Waals surface area contributed by atoms with Crippen molar-refractivity contribution in [1.29, 1.82) is 0 Å². The maximum Gasteiger partial charge on any atom is 0.0555 e. The molecule has 64 heavy (non-hydrogen) atoms. The lowest BCUT2D eigenvalue weighted by atomic mass is 10.0. The van der Waals surface area contributed by atoms with E-state index in [1.165, 1.54) is 32.3 Å². The SMILES string of the molecule is c1ccc(N(c2ccc(-c3ccc(N(c4ccccc4-c4cc5ccccc5[nH]4)c4cccc5ccccc45)cc3)cc2)c2cccc3ccccc23)c(-c2cc3ccccc3[nH]2)c1. The van der Waals surface area contributed by atoms with Crippen LogP contribution in [0.15, 0.2) is 243 Å². The molecule has 0 aliphatic rings. The standard InChI is InChI=1S/C60H42N4/c1-5-21-49-43(15-1)19-13-29-57(49)63(59-27-11-7-23-51(59)55-39-45-17-3-9-25-53(45)61-55)47-35-31-41(32-36-47)42-33-37-48(38-34-42)64(58-30-14-20-44-16-2-6-22-50(44)58)60-28-12-8-24-52(60)56-40-46-18-4-10-26-54(46)62-56/h1-40,61-62H. The first-order chi connectivity index (χ1) is 31.7. The zero-order chi connectivity index (χ0) is 42.4. The van der Waals surface area contributed by atoms with Gasteiger partial charge in [0.2, 0.25) is 0 Å². The van der Waals surface area contributed by atoms with Crippen LogP contribution in [0.25, 0.3) is 77.0 Å². The summed E-state index contributed by atoms with van der Waals surface area (Å²) >= 11 is 0. The fraction of sp³-hybridized carbons (Fsp3) is 0. The maximum absolute atomic E-state index is 3.70. The third-order valence-electron chi connectivity index (χ3n) is 12.5. The number of fused-ring (bicyclic) bond motifs is 4. The summed E-state index contributed by atoms with van der Waals surface area (Å²) in [5, 5.41) is 7.17. The Morgan fingerprint density at radius 1 is 0.266 bits per heavy atom. The van der Waals surface area contributed by atoms with Crippen LogP contribution in [0.5, 0.6) is 0 Å². The van der Waals surface area contributed by atoms with Crippen LogP contribution in [0, 0.1) is 0 Å². The van der Waals surface area contributed by atoms with Crippen molar-refractivity contribution in [3.8, 4) is 33.6 Å². The third kappa shape index (κ3) is 6.57. The fourth-order valence-electron chi connectivity index (χ4n) is 9.46. The molecular formula is C60H42N4. The molecule has 2 N–H and O–H groups in total. The molecule has 12 rings (SSSR count). The number of hydrogen-bond acceptors (Lipinski definition) is 2. The van der Waals surface area contributed by atoms with Gasteiger partial charge in [0.05, 0.1) is 22.7 Å². The first-order valence-corrected chi connectivity index (χ1v) is 21.8. The molecule has 302 valence electrons. The number of aromatic amines is 2. The van der Waals surface area contributed by atoms with Crippen molar-refractivity contribution in [1.82, 2.24) is 9.97 Å². The van der Waals surface area contributed by atoms with Crippen LogP contribution < -0.4 is 9.80 Å². The first-order valence-electron chi connectivity index (χ1n) is 21.8. The Labute approximate surface area is 371 Å². The zero-order valence-electron chi connectivity index (χ0n) is 35.0. The quantitative estimate of drug-likeness (QED) is 0.152. The normalized spacial score (nSPS) is 11.4. The van der Waals surface area contributed by atoms with E-state index < -0.39 is 0 Å². The van der Waals surface area contributed by atoms with Crippen molar-refractivity contribution in [2.75, 3.05) is 9.80 Å². The van der Waals surface area contributed by atoms with Gasteiger partial charge in [0, 0.05) is 66.5 Å². The lowest BCUT2D eigenvalue weighted by Gasteiger charge is -2.29. The number of anilines is 6. The summed E-state index contributed by atoms with van der Waals surface area (Å²) in [6.07, 6.45) is 0.